The molecule has 0 radical (unpaired) electrons. The molecule has 2 N–H and O–H groups in total. The quantitative estimate of drug-likeness (QED) is 0.895. The van der Waals surface area contributed by atoms with Crippen molar-refractivity contribution < 1.29 is 4.74 Å². The van der Waals surface area contributed by atoms with Crippen LogP contribution in [0.4, 0.5) is 0 Å². The van der Waals surface area contributed by atoms with E-state index in [0.29, 0.717) is 12.4 Å². The van der Waals surface area contributed by atoms with Gasteiger partial charge in [-0.1, -0.05) is 25.1 Å². The van der Waals surface area contributed by atoms with E-state index in [4.69, 9.17) is 10.5 Å². The van der Waals surface area contributed by atoms with E-state index in [0.717, 1.165) is 23.4 Å². The third-order valence-corrected chi connectivity index (χ3v) is 2.79. The minimum atomic E-state index is 0.495. The SMILES string of the molecule is CCc1ccccc1Oc1cc(CN)cc(C)n1. The molecule has 0 amide bonds. The van der Waals surface area contributed by atoms with Gasteiger partial charge in [-0.15, -0.1) is 0 Å². The molecule has 0 aliphatic rings. The predicted octanol–water partition coefficient (Wildman–Crippen LogP) is 3.20. The molecule has 0 aliphatic carbocycles. The molecule has 0 saturated heterocycles. The molecule has 3 heteroatoms. The lowest BCUT2D eigenvalue weighted by Gasteiger charge is -2.10. The van der Waals surface area contributed by atoms with Crippen LogP contribution in [0.1, 0.15) is 23.7 Å². The largest absolute Gasteiger partial charge is 0.439 e. The molecule has 0 saturated carbocycles. The number of para-hydroxylation sites is 1. The molecule has 3 nitrogen and oxygen atoms in total. The average molecular weight is 242 g/mol. The lowest BCUT2D eigenvalue weighted by Crippen LogP contribution is -2.00. The van der Waals surface area contributed by atoms with E-state index >= 15 is 0 Å². The Morgan fingerprint density at radius 2 is 2.00 bits per heavy atom. The zero-order valence-electron chi connectivity index (χ0n) is 10.8. The van der Waals surface area contributed by atoms with Gasteiger partial charge >= 0.3 is 0 Å². The number of rotatable bonds is 4. The summed E-state index contributed by atoms with van der Waals surface area (Å²) in [6, 6.07) is 11.9. The summed E-state index contributed by atoms with van der Waals surface area (Å²) in [5.74, 6) is 1.47. The van der Waals surface area contributed by atoms with Crippen LogP contribution in [0, 0.1) is 6.92 Å². The number of benzene rings is 1. The lowest BCUT2D eigenvalue weighted by atomic mass is 10.1. The summed E-state index contributed by atoms with van der Waals surface area (Å²) in [6.07, 6.45) is 0.936. The number of aromatic nitrogens is 1. The van der Waals surface area contributed by atoms with Crippen molar-refractivity contribution in [2.75, 3.05) is 0 Å². The molecule has 94 valence electrons. The van der Waals surface area contributed by atoms with Gasteiger partial charge in [0.05, 0.1) is 0 Å². The monoisotopic (exact) mass is 242 g/mol. The second-order valence-corrected chi connectivity index (χ2v) is 4.22. The van der Waals surface area contributed by atoms with E-state index in [9.17, 15) is 0 Å². The summed E-state index contributed by atoms with van der Waals surface area (Å²) in [7, 11) is 0. The topological polar surface area (TPSA) is 48.1 Å². The molecule has 1 aromatic carbocycles. The standard InChI is InChI=1S/C15H18N2O/c1-3-13-6-4-5-7-14(13)18-15-9-12(10-16)8-11(2)17-15/h4-9H,3,10,16H2,1-2H3. The van der Waals surface area contributed by atoms with Crippen LogP contribution >= 0.6 is 0 Å². The average Bonchev–Trinajstić information content (AvgIpc) is 2.38. The maximum absolute atomic E-state index is 5.86. The number of aryl methyl sites for hydroxylation is 2. The maximum atomic E-state index is 5.86. The molecule has 0 unspecified atom stereocenters. The van der Waals surface area contributed by atoms with Crippen LogP contribution in [0.3, 0.4) is 0 Å². The number of ether oxygens (including phenoxy) is 1. The smallest absolute Gasteiger partial charge is 0.219 e. The van der Waals surface area contributed by atoms with Crippen LogP contribution in [0.2, 0.25) is 0 Å². The summed E-state index contributed by atoms with van der Waals surface area (Å²) >= 11 is 0. The number of pyridine rings is 1. The molecule has 0 bridgehead atoms. The second-order valence-electron chi connectivity index (χ2n) is 4.22. The number of hydrogen-bond donors (Lipinski definition) is 1. The van der Waals surface area contributed by atoms with Crippen LogP contribution in [0.5, 0.6) is 11.6 Å². The Morgan fingerprint density at radius 1 is 1.22 bits per heavy atom. The van der Waals surface area contributed by atoms with E-state index in [1.165, 1.54) is 5.56 Å². The molecule has 0 atom stereocenters. The zero-order valence-corrected chi connectivity index (χ0v) is 10.8. The van der Waals surface area contributed by atoms with Gasteiger partial charge in [-0.25, -0.2) is 4.98 Å². The first kappa shape index (κ1) is 12.6. The van der Waals surface area contributed by atoms with Crippen LogP contribution in [0.15, 0.2) is 36.4 Å². The van der Waals surface area contributed by atoms with Gasteiger partial charge < -0.3 is 10.5 Å². The first-order chi connectivity index (χ1) is 8.72. The zero-order chi connectivity index (χ0) is 13.0. The van der Waals surface area contributed by atoms with Crippen molar-refractivity contribution in [2.24, 2.45) is 5.73 Å². The molecule has 1 heterocycles. The second kappa shape index (κ2) is 5.65. The normalized spacial score (nSPS) is 10.4. The fourth-order valence-electron chi connectivity index (χ4n) is 1.89. The van der Waals surface area contributed by atoms with Crippen molar-refractivity contribution in [3.8, 4) is 11.6 Å². The molecule has 18 heavy (non-hydrogen) atoms. The van der Waals surface area contributed by atoms with Gasteiger partial charge in [-0.05, 0) is 36.6 Å². The first-order valence-corrected chi connectivity index (χ1v) is 6.16. The number of hydrogen-bond acceptors (Lipinski definition) is 3. The third kappa shape index (κ3) is 2.87. The summed E-state index contributed by atoms with van der Waals surface area (Å²) < 4.78 is 5.86. The Balaban J connectivity index is 2.30. The Kier molecular flexibility index (Phi) is 3.95. The molecule has 2 rings (SSSR count). The highest BCUT2D eigenvalue weighted by Crippen LogP contribution is 2.25. The summed E-state index contributed by atoms with van der Waals surface area (Å²) in [6.45, 7) is 4.55. The van der Waals surface area contributed by atoms with Crippen molar-refractivity contribution in [3.63, 3.8) is 0 Å². The van der Waals surface area contributed by atoms with Gasteiger partial charge in [-0.2, -0.15) is 0 Å². The fourth-order valence-corrected chi connectivity index (χ4v) is 1.89. The predicted molar refractivity (Wildman–Crippen MR) is 72.8 cm³/mol. The van der Waals surface area contributed by atoms with E-state index in [1.807, 2.05) is 37.3 Å². The first-order valence-electron chi connectivity index (χ1n) is 6.16. The van der Waals surface area contributed by atoms with Crippen molar-refractivity contribution in [2.45, 2.75) is 26.8 Å². The van der Waals surface area contributed by atoms with Crippen LogP contribution in [-0.2, 0) is 13.0 Å². The Hall–Kier alpha value is -1.87. The Labute approximate surface area is 108 Å². The lowest BCUT2D eigenvalue weighted by molar-refractivity contribution is 0.455. The van der Waals surface area contributed by atoms with Crippen molar-refractivity contribution in [3.05, 3.63) is 53.2 Å². The third-order valence-electron chi connectivity index (χ3n) is 2.79. The maximum Gasteiger partial charge on any atom is 0.219 e. The van der Waals surface area contributed by atoms with Crippen molar-refractivity contribution in [1.82, 2.24) is 4.98 Å². The highest BCUT2D eigenvalue weighted by Gasteiger charge is 2.05. The molecule has 0 aliphatic heterocycles. The van der Waals surface area contributed by atoms with Gasteiger partial charge in [0, 0.05) is 18.3 Å². The molecule has 0 fully saturated rings. The Bertz CT molecular complexity index is 538. The highest BCUT2D eigenvalue weighted by atomic mass is 16.5. The molecule has 1 aromatic heterocycles. The number of nitrogens with two attached hydrogens (primary N) is 1. The van der Waals surface area contributed by atoms with Gasteiger partial charge in [-0.3, -0.25) is 0 Å². The van der Waals surface area contributed by atoms with Crippen molar-refractivity contribution >= 4 is 0 Å². The van der Waals surface area contributed by atoms with Gasteiger partial charge in [0.15, 0.2) is 0 Å². The van der Waals surface area contributed by atoms with E-state index in [-0.39, 0.29) is 0 Å². The van der Waals surface area contributed by atoms with Gasteiger partial charge in [0.25, 0.3) is 0 Å². The van der Waals surface area contributed by atoms with E-state index in [1.54, 1.807) is 0 Å². The van der Waals surface area contributed by atoms with E-state index < -0.39 is 0 Å². The minimum absolute atomic E-state index is 0.495. The molecule has 0 spiro atoms. The molecule has 2 aromatic rings. The van der Waals surface area contributed by atoms with Crippen molar-refractivity contribution in [1.29, 1.82) is 0 Å². The molecular weight excluding hydrogens is 224 g/mol. The Morgan fingerprint density at radius 3 is 2.72 bits per heavy atom. The van der Waals surface area contributed by atoms with Crippen LogP contribution in [0.25, 0.3) is 0 Å². The van der Waals surface area contributed by atoms with Gasteiger partial charge in [0.1, 0.15) is 5.75 Å². The summed E-state index contributed by atoms with van der Waals surface area (Å²) in [4.78, 5) is 4.37. The van der Waals surface area contributed by atoms with E-state index in [2.05, 4.69) is 18.0 Å². The number of nitrogens with zero attached hydrogens (tertiary/aromatic N) is 1. The minimum Gasteiger partial charge on any atom is -0.439 e. The molecular formula is C15H18N2O. The van der Waals surface area contributed by atoms with Gasteiger partial charge in [0.2, 0.25) is 5.88 Å². The fraction of sp³-hybridized carbons (Fsp3) is 0.267. The highest BCUT2D eigenvalue weighted by molar-refractivity contribution is 5.37. The van der Waals surface area contributed by atoms with Crippen LogP contribution in [-0.4, -0.2) is 4.98 Å². The summed E-state index contributed by atoms with van der Waals surface area (Å²) in [5.41, 5.74) is 8.78. The van der Waals surface area contributed by atoms with Crippen LogP contribution < -0.4 is 10.5 Å². The summed E-state index contributed by atoms with van der Waals surface area (Å²) in [5, 5.41) is 0.